The normalized spacial score (nSPS) is 10.2. The Kier molecular flexibility index (Phi) is 3.11. The van der Waals surface area contributed by atoms with Crippen LogP contribution in [0.1, 0.15) is 11.1 Å². The molecule has 0 aliphatic rings. The molecule has 66 valence electrons. The minimum atomic E-state index is 0.327. The average Bonchev–Trinajstić information content (AvgIpc) is 2.03. The fraction of sp³-hybridized carbons (Fsp3) is 0.400. The lowest BCUT2D eigenvalue weighted by molar-refractivity contribution is 0.202. The van der Waals surface area contributed by atoms with Crippen LogP contribution in [0.15, 0.2) is 18.2 Å². The second-order valence-electron chi connectivity index (χ2n) is 2.85. The molecular formula is C10H14O2. The first kappa shape index (κ1) is 9.07. The predicted molar refractivity (Wildman–Crippen MR) is 48.4 cm³/mol. The maximum atomic E-state index is 9.13. The number of ether oxygens (including phenoxy) is 1. The topological polar surface area (TPSA) is 29.5 Å². The molecule has 0 saturated carbocycles. The summed E-state index contributed by atoms with van der Waals surface area (Å²) in [6.07, 6.45) is 0.905. The highest BCUT2D eigenvalue weighted by Crippen LogP contribution is 2.15. The molecule has 1 aromatic rings. The summed E-state index contributed by atoms with van der Waals surface area (Å²) in [7, 11) is 1.69. The second-order valence-corrected chi connectivity index (χ2v) is 2.85. The van der Waals surface area contributed by atoms with Gasteiger partial charge in [-0.15, -0.1) is 0 Å². The SMILES string of the molecule is COCCc1ccc(O)cc1C. The highest BCUT2D eigenvalue weighted by atomic mass is 16.5. The minimum absolute atomic E-state index is 0.327. The molecule has 0 aliphatic carbocycles. The zero-order valence-electron chi connectivity index (χ0n) is 7.50. The van der Waals surface area contributed by atoms with E-state index in [0.717, 1.165) is 18.6 Å². The van der Waals surface area contributed by atoms with Gasteiger partial charge >= 0.3 is 0 Å². The van der Waals surface area contributed by atoms with Gasteiger partial charge in [-0.3, -0.25) is 0 Å². The monoisotopic (exact) mass is 166 g/mol. The molecule has 0 heterocycles. The third kappa shape index (κ3) is 2.24. The van der Waals surface area contributed by atoms with Gasteiger partial charge in [0.05, 0.1) is 6.61 Å². The molecule has 1 rings (SSSR count). The van der Waals surface area contributed by atoms with Crippen LogP contribution in [0.5, 0.6) is 5.75 Å². The van der Waals surface area contributed by atoms with Gasteiger partial charge in [-0.25, -0.2) is 0 Å². The van der Waals surface area contributed by atoms with Crippen molar-refractivity contribution in [2.45, 2.75) is 13.3 Å². The van der Waals surface area contributed by atoms with Gasteiger partial charge in [-0.05, 0) is 36.6 Å². The largest absolute Gasteiger partial charge is 0.508 e. The molecule has 0 atom stereocenters. The van der Waals surface area contributed by atoms with Gasteiger partial charge in [0.2, 0.25) is 0 Å². The summed E-state index contributed by atoms with van der Waals surface area (Å²) in [4.78, 5) is 0. The van der Waals surface area contributed by atoms with E-state index in [1.165, 1.54) is 5.56 Å². The molecule has 0 fully saturated rings. The van der Waals surface area contributed by atoms with Crippen molar-refractivity contribution in [1.82, 2.24) is 0 Å². The van der Waals surface area contributed by atoms with Crippen molar-refractivity contribution in [2.75, 3.05) is 13.7 Å². The van der Waals surface area contributed by atoms with E-state index in [1.54, 1.807) is 19.2 Å². The number of rotatable bonds is 3. The van der Waals surface area contributed by atoms with Crippen molar-refractivity contribution < 1.29 is 9.84 Å². The van der Waals surface area contributed by atoms with E-state index in [9.17, 15) is 0 Å². The van der Waals surface area contributed by atoms with E-state index in [0.29, 0.717) is 5.75 Å². The third-order valence-corrected chi connectivity index (χ3v) is 1.90. The molecule has 0 spiro atoms. The van der Waals surface area contributed by atoms with E-state index in [1.807, 2.05) is 13.0 Å². The van der Waals surface area contributed by atoms with Crippen LogP contribution in [0.25, 0.3) is 0 Å². The number of hydrogen-bond donors (Lipinski definition) is 1. The summed E-state index contributed by atoms with van der Waals surface area (Å²) in [6.45, 7) is 2.72. The third-order valence-electron chi connectivity index (χ3n) is 1.90. The van der Waals surface area contributed by atoms with Crippen LogP contribution >= 0.6 is 0 Å². The Bertz CT molecular complexity index is 256. The molecule has 2 nitrogen and oxygen atoms in total. The summed E-state index contributed by atoms with van der Waals surface area (Å²) in [5.41, 5.74) is 2.35. The number of phenols is 1. The Morgan fingerprint density at radius 3 is 2.75 bits per heavy atom. The molecule has 12 heavy (non-hydrogen) atoms. The van der Waals surface area contributed by atoms with Crippen LogP contribution < -0.4 is 0 Å². The molecule has 0 aliphatic heterocycles. The number of phenolic OH excluding ortho intramolecular Hbond substituents is 1. The van der Waals surface area contributed by atoms with Crippen LogP contribution in [0, 0.1) is 6.92 Å². The lowest BCUT2D eigenvalue weighted by Crippen LogP contribution is -1.96. The molecule has 1 aromatic carbocycles. The number of benzene rings is 1. The number of aromatic hydroxyl groups is 1. The lowest BCUT2D eigenvalue weighted by Gasteiger charge is -2.04. The van der Waals surface area contributed by atoms with E-state index < -0.39 is 0 Å². The van der Waals surface area contributed by atoms with Gasteiger partial charge in [-0.2, -0.15) is 0 Å². The summed E-state index contributed by atoms with van der Waals surface area (Å²) in [5, 5.41) is 9.13. The molecule has 0 amide bonds. The highest BCUT2D eigenvalue weighted by Gasteiger charge is 1.98. The van der Waals surface area contributed by atoms with Crippen molar-refractivity contribution >= 4 is 0 Å². The molecule has 0 bridgehead atoms. The molecule has 0 saturated heterocycles. The fourth-order valence-electron chi connectivity index (χ4n) is 1.17. The molecule has 2 heteroatoms. The molecule has 0 aromatic heterocycles. The summed E-state index contributed by atoms with van der Waals surface area (Å²) in [5.74, 6) is 0.327. The first-order chi connectivity index (χ1) is 5.74. The quantitative estimate of drug-likeness (QED) is 0.743. The van der Waals surface area contributed by atoms with Crippen molar-refractivity contribution in [3.63, 3.8) is 0 Å². The predicted octanol–water partition coefficient (Wildman–Crippen LogP) is 1.89. The van der Waals surface area contributed by atoms with Crippen molar-refractivity contribution in [3.05, 3.63) is 29.3 Å². The van der Waals surface area contributed by atoms with Gasteiger partial charge in [0.15, 0.2) is 0 Å². The summed E-state index contributed by atoms with van der Waals surface area (Å²) < 4.78 is 4.97. The Balaban J connectivity index is 2.72. The minimum Gasteiger partial charge on any atom is -0.508 e. The molecule has 0 radical (unpaired) electrons. The van der Waals surface area contributed by atoms with E-state index >= 15 is 0 Å². The standard InChI is InChI=1S/C10H14O2/c1-8-7-10(11)4-3-9(8)5-6-12-2/h3-4,7,11H,5-6H2,1-2H3. The zero-order chi connectivity index (χ0) is 8.97. The van der Waals surface area contributed by atoms with E-state index in [2.05, 4.69) is 0 Å². The first-order valence-corrected chi connectivity index (χ1v) is 4.01. The Morgan fingerprint density at radius 2 is 2.17 bits per heavy atom. The number of aryl methyl sites for hydroxylation is 1. The highest BCUT2D eigenvalue weighted by molar-refractivity contribution is 5.33. The van der Waals surface area contributed by atoms with Gasteiger partial charge in [0.25, 0.3) is 0 Å². The maximum absolute atomic E-state index is 9.13. The molecular weight excluding hydrogens is 152 g/mol. The van der Waals surface area contributed by atoms with Gasteiger partial charge in [0.1, 0.15) is 5.75 Å². The second kappa shape index (κ2) is 4.12. The first-order valence-electron chi connectivity index (χ1n) is 4.01. The molecule has 1 N–H and O–H groups in total. The van der Waals surface area contributed by atoms with Crippen LogP contribution in [-0.2, 0) is 11.2 Å². The number of methoxy groups -OCH3 is 1. The average molecular weight is 166 g/mol. The van der Waals surface area contributed by atoms with Crippen LogP contribution in [0.2, 0.25) is 0 Å². The van der Waals surface area contributed by atoms with Gasteiger partial charge in [0, 0.05) is 7.11 Å². The van der Waals surface area contributed by atoms with E-state index in [-0.39, 0.29) is 0 Å². The Morgan fingerprint density at radius 1 is 1.42 bits per heavy atom. The van der Waals surface area contributed by atoms with Gasteiger partial charge < -0.3 is 9.84 Å². The summed E-state index contributed by atoms with van der Waals surface area (Å²) in [6, 6.07) is 5.41. The van der Waals surface area contributed by atoms with Crippen LogP contribution in [0.3, 0.4) is 0 Å². The Labute approximate surface area is 72.8 Å². The van der Waals surface area contributed by atoms with Crippen LogP contribution in [0.4, 0.5) is 0 Å². The lowest BCUT2D eigenvalue weighted by atomic mass is 10.1. The zero-order valence-corrected chi connectivity index (χ0v) is 7.50. The summed E-state index contributed by atoms with van der Waals surface area (Å²) >= 11 is 0. The Hall–Kier alpha value is -1.02. The van der Waals surface area contributed by atoms with Crippen molar-refractivity contribution in [2.24, 2.45) is 0 Å². The van der Waals surface area contributed by atoms with Gasteiger partial charge in [-0.1, -0.05) is 6.07 Å². The smallest absolute Gasteiger partial charge is 0.115 e. The fourth-order valence-corrected chi connectivity index (χ4v) is 1.17. The van der Waals surface area contributed by atoms with Crippen molar-refractivity contribution in [3.8, 4) is 5.75 Å². The maximum Gasteiger partial charge on any atom is 0.115 e. The van der Waals surface area contributed by atoms with Crippen LogP contribution in [-0.4, -0.2) is 18.8 Å². The van der Waals surface area contributed by atoms with Crippen molar-refractivity contribution in [1.29, 1.82) is 0 Å². The number of hydrogen-bond acceptors (Lipinski definition) is 2. The molecule has 0 unspecified atom stereocenters. The van der Waals surface area contributed by atoms with E-state index in [4.69, 9.17) is 9.84 Å².